The molecule has 1 saturated heterocycles. The lowest BCUT2D eigenvalue weighted by atomic mass is 9.90. The molecule has 19 heavy (non-hydrogen) atoms. The van der Waals surface area contributed by atoms with Gasteiger partial charge >= 0.3 is 0 Å². The zero-order valence-electron chi connectivity index (χ0n) is 13.0. The SMILES string of the molecule is CC(C)(C)[Si](C)(C)N=C=C1CCC2(CC1)OCCO2. The highest BCUT2D eigenvalue weighted by atomic mass is 28.3. The van der Waals surface area contributed by atoms with Crippen LogP contribution >= 0.6 is 0 Å². The van der Waals surface area contributed by atoms with Gasteiger partial charge in [-0.1, -0.05) is 20.8 Å². The van der Waals surface area contributed by atoms with E-state index >= 15 is 0 Å². The molecule has 108 valence electrons. The van der Waals surface area contributed by atoms with E-state index in [9.17, 15) is 0 Å². The Kier molecular flexibility index (Phi) is 4.08. The van der Waals surface area contributed by atoms with Crippen LogP contribution in [0.15, 0.2) is 10.2 Å². The first-order chi connectivity index (χ1) is 8.74. The number of rotatable bonds is 1. The van der Waals surface area contributed by atoms with Crippen molar-refractivity contribution in [1.29, 1.82) is 0 Å². The van der Waals surface area contributed by atoms with Crippen LogP contribution in [0.1, 0.15) is 46.5 Å². The van der Waals surface area contributed by atoms with E-state index in [0.717, 1.165) is 38.9 Å². The van der Waals surface area contributed by atoms with Crippen LogP contribution < -0.4 is 0 Å². The Morgan fingerprint density at radius 1 is 1.11 bits per heavy atom. The van der Waals surface area contributed by atoms with Crippen molar-refractivity contribution in [3.05, 3.63) is 5.57 Å². The molecule has 0 amide bonds. The lowest BCUT2D eigenvalue weighted by Crippen LogP contribution is -2.35. The fraction of sp³-hybridized carbons (Fsp3) is 0.867. The minimum Gasteiger partial charge on any atom is -0.348 e. The van der Waals surface area contributed by atoms with E-state index in [0.29, 0.717) is 0 Å². The molecule has 1 spiro atoms. The highest BCUT2D eigenvalue weighted by molar-refractivity contribution is 6.79. The number of ether oxygens (including phenoxy) is 2. The second-order valence-electron chi connectivity index (χ2n) is 7.24. The third-order valence-corrected chi connectivity index (χ3v) is 9.10. The van der Waals surface area contributed by atoms with Gasteiger partial charge in [-0.3, -0.25) is 4.66 Å². The van der Waals surface area contributed by atoms with Crippen LogP contribution in [0.3, 0.4) is 0 Å². The van der Waals surface area contributed by atoms with Gasteiger partial charge in [0.05, 0.1) is 13.2 Å². The Bertz CT molecular complexity index is 385. The molecular weight excluding hydrogens is 254 g/mol. The maximum atomic E-state index is 5.74. The molecule has 0 atom stereocenters. The molecule has 0 radical (unpaired) electrons. The van der Waals surface area contributed by atoms with E-state index in [1.165, 1.54) is 5.57 Å². The summed E-state index contributed by atoms with van der Waals surface area (Å²) in [5, 5.41) is 0.286. The second-order valence-corrected chi connectivity index (χ2v) is 12.1. The lowest BCUT2D eigenvalue weighted by Gasteiger charge is -2.33. The van der Waals surface area contributed by atoms with Gasteiger partial charge in [0.25, 0.3) is 0 Å². The van der Waals surface area contributed by atoms with E-state index in [2.05, 4.69) is 39.7 Å². The molecule has 0 aromatic heterocycles. The summed E-state index contributed by atoms with van der Waals surface area (Å²) in [6.45, 7) is 13.0. The lowest BCUT2D eigenvalue weighted by molar-refractivity contribution is -0.171. The van der Waals surface area contributed by atoms with Gasteiger partial charge in [0.1, 0.15) is 0 Å². The number of hydrogen-bond donors (Lipinski definition) is 0. The van der Waals surface area contributed by atoms with E-state index < -0.39 is 8.24 Å². The van der Waals surface area contributed by atoms with E-state index in [1.54, 1.807) is 0 Å². The number of hydrogen-bond acceptors (Lipinski definition) is 3. The predicted octanol–water partition coefficient (Wildman–Crippen LogP) is 3.90. The van der Waals surface area contributed by atoms with Crippen LogP contribution in [-0.4, -0.2) is 33.1 Å². The van der Waals surface area contributed by atoms with Gasteiger partial charge < -0.3 is 9.47 Å². The highest BCUT2D eigenvalue weighted by Crippen LogP contribution is 2.38. The zero-order chi connectivity index (χ0) is 14.1. The topological polar surface area (TPSA) is 30.8 Å². The van der Waals surface area contributed by atoms with E-state index in [-0.39, 0.29) is 10.8 Å². The number of nitrogens with zero attached hydrogens (tertiary/aromatic N) is 1. The molecule has 1 saturated carbocycles. The van der Waals surface area contributed by atoms with Crippen molar-refractivity contribution in [2.24, 2.45) is 4.66 Å². The van der Waals surface area contributed by atoms with Crippen LogP contribution in [0.2, 0.25) is 18.1 Å². The van der Waals surface area contributed by atoms with Crippen molar-refractivity contribution in [2.75, 3.05) is 13.2 Å². The average molecular weight is 281 g/mol. The molecule has 1 aliphatic heterocycles. The van der Waals surface area contributed by atoms with Crippen molar-refractivity contribution in [1.82, 2.24) is 0 Å². The average Bonchev–Trinajstić information content (AvgIpc) is 2.76. The van der Waals surface area contributed by atoms with Gasteiger partial charge in [-0.15, -0.1) is 0 Å². The predicted molar refractivity (Wildman–Crippen MR) is 81.2 cm³/mol. The Morgan fingerprint density at radius 3 is 2.11 bits per heavy atom. The van der Waals surface area contributed by atoms with Gasteiger partial charge in [-0.05, 0) is 42.4 Å². The molecule has 0 aromatic carbocycles. The van der Waals surface area contributed by atoms with Gasteiger partial charge in [0.2, 0.25) is 0 Å². The van der Waals surface area contributed by atoms with Crippen molar-refractivity contribution < 1.29 is 9.47 Å². The van der Waals surface area contributed by atoms with Gasteiger partial charge in [-0.2, -0.15) is 0 Å². The smallest absolute Gasteiger partial charge is 0.192 e. The molecule has 0 bridgehead atoms. The monoisotopic (exact) mass is 281 g/mol. The van der Waals surface area contributed by atoms with Crippen LogP contribution in [-0.2, 0) is 9.47 Å². The minimum absolute atomic E-state index is 0.276. The number of allylic oxidation sites excluding steroid dienone is 1. The first-order valence-corrected chi connectivity index (χ1v) is 10.3. The summed E-state index contributed by atoms with van der Waals surface area (Å²) in [5.74, 6) is 3.09. The summed E-state index contributed by atoms with van der Waals surface area (Å²) >= 11 is 0. The molecule has 0 unspecified atom stereocenters. The molecule has 3 nitrogen and oxygen atoms in total. The van der Waals surface area contributed by atoms with Crippen molar-refractivity contribution in [2.45, 2.75) is 70.4 Å². The van der Waals surface area contributed by atoms with Gasteiger partial charge in [0.15, 0.2) is 14.0 Å². The molecular formula is C15H27NO2Si. The Labute approximate surface area is 118 Å². The normalized spacial score (nSPS) is 23.5. The summed E-state index contributed by atoms with van der Waals surface area (Å²) in [5.41, 5.74) is 1.34. The minimum atomic E-state index is -1.60. The highest BCUT2D eigenvalue weighted by Gasteiger charge is 2.39. The van der Waals surface area contributed by atoms with Gasteiger partial charge in [0, 0.05) is 12.8 Å². The van der Waals surface area contributed by atoms with Crippen molar-refractivity contribution in [3.63, 3.8) is 0 Å². The molecule has 1 aliphatic carbocycles. The third-order valence-electron chi connectivity index (χ3n) is 4.76. The summed E-state index contributed by atoms with van der Waals surface area (Å²) < 4.78 is 16.3. The zero-order valence-corrected chi connectivity index (χ0v) is 14.0. The van der Waals surface area contributed by atoms with Crippen LogP contribution in [0.5, 0.6) is 0 Å². The van der Waals surface area contributed by atoms with Crippen LogP contribution in [0, 0.1) is 0 Å². The molecule has 1 heterocycles. The fourth-order valence-electron chi connectivity index (χ4n) is 2.22. The van der Waals surface area contributed by atoms with Crippen LogP contribution in [0.25, 0.3) is 0 Å². The summed E-state index contributed by atoms with van der Waals surface area (Å²) in [6, 6.07) is 0. The van der Waals surface area contributed by atoms with Crippen LogP contribution in [0.4, 0.5) is 0 Å². The van der Waals surface area contributed by atoms with Crippen molar-refractivity contribution in [3.8, 4) is 0 Å². The summed E-state index contributed by atoms with van der Waals surface area (Å²) in [6.07, 6.45) is 3.95. The Morgan fingerprint density at radius 2 is 1.63 bits per heavy atom. The fourth-order valence-corrected chi connectivity index (χ4v) is 2.99. The summed E-state index contributed by atoms with van der Waals surface area (Å²) in [7, 11) is -1.60. The van der Waals surface area contributed by atoms with E-state index in [1.807, 2.05) is 0 Å². The summed E-state index contributed by atoms with van der Waals surface area (Å²) in [4.78, 5) is 0. The standard InChI is InChI=1S/C15H27NO2Si/c1-14(2,3)19(4,5)16-12-13-6-8-15(9-7-13)17-10-11-18-15/h6-11H2,1-5H3. The van der Waals surface area contributed by atoms with Crippen molar-refractivity contribution >= 4 is 14.1 Å². The maximum absolute atomic E-state index is 5.74. The first kappa shape index (κ1) is 15.0. The first-order valence-electron chi connectivity index (χ1n) is 7.35. The molecule has 0 aromatic rings. The quantitative estimate of drug-likeness (QED) is 0.539. The maximum Gasteiger partial charge on any atom is 0.192 e. The Hall–Kier alpha value is -0.413. The third kappa shape index (κ3) is 3.37. The second kappa shape index (κ2) is 5.17. The molecule has 2 aliphatic rings. The molecule has 2 rings (SSSR count). The van der Waals surface area contributed by atoms with Gasteiger partial charge in [-0.25, -0.2) is 0 Å². The Balaban J connectivity index is 2.03. The molecule has 0 N–H and O–H groups in total. The van der Waals surface area contributed by atoms with E-state index in [4.69, 9.17) is 14.1 Å². The molecule has 4 heteroatoms. The largest absolute Gasteiger partial charge is 0.348 e. The molecule has 2 fully saturated rings.